The van der Waals surface area contributed by atoms with Crippen molar-refractivity contribution in [2.75, 3.05) is 11.1 Å². The van der Waals surface area contributed by atoms with Crippen molar-refractivity contribution >= 4 is 34.4 Å². The molecule has 0 saturated heterocycles. The van der Waals surface area contributed by atoms with Gasteiger partial charge in [-0.2, -0.15) is 0 Å². The minimum Gasteiger partial charge on any atom is -0.456 e. The van der Waals surface area contributed by atoms with Crippen LogP contribution >= 0.6 is 0 Å². The number of carbonyl (C=O) groups excluding carboxylic acids is 1. The number of carbonyl (C=O) groups is 1. The van der Waals surface area contributed by atoms with Crippen molar-refractivity contribution in [1.82, 2.24) is 4.98 Å². The van der Waals surface area contributed by atoms with Crippen LogP contribution < -0.4 is 15.8 Å². The van der Waals surface area contributed by atoms with Crippen LogP contribution in [-0.4, -0.2) is 17.1 Å². The van der Waals surface area contributed by atoms with Crippen LogP contribution in [0.15, 0.2) is 79.0 Å². The first kappa shape index (κ1) is 18.2. The smallest absolute Gasteiger partial charge is 0.255 e. The monoisotopic (exact) mass is 382 g/mol. The second-order valence-electron chi connectivity index (χ2n) is 6.36. The number of nitrogens with two attached hydrogens (primary N) is 1. The third kappa shape index (κ3) is 3.77. The third-order valence-corrected chi connectivity index (χ3v) is 4.49. The molecule has 0 radical (unpaired) electrons. The molecule has 6 nitrogen and oxygen atoms in total. The number of aromatic nitrogens is 1. The first-order valence-corrected chi connectivity index (χ1v) is 8.97. The lowest BCUT2D eigenvalue weighted by atomic mass is 10.1. The summed E-state index contributed by atoms with van der Waals surface area (Å²) in [6, 6.07) is 22.0. The summed E-state index contributed by atoms with van der Waals surface area (Å²) in [6.45, 7) is 0. The van der Waals surface area contributed by atoms with E-state index in [-0.39, 0.29) is 11.7 Å². The highest BCUT2D eigenvalue weighted by atomic mass is 16.5. The Hall–Kier alpha value is -4.19. The Balaban J connectivity index is 1.64. The van der Waals surface area contributed by atoms with Gasteiger partial charge in [-0.1, -0.05) is 30.3 Å². The molecule has 1 amide bonds. The summed E-state index contributed by atoms with van der Waals surface area (Å²) < 4.78 is 5.92. The summed E-state index contributed by atoms with van der Waals surface area (Å²) >= 11 is 0. The molecule has 3 aromatic carbocycles. The van der Waals surface area contributed by atoms with E-state index in [1.54, 1.807) is 18.2 Å². The molecule has 4 rings (SSSR count). The molecular formula is C23H18N4O2. The molecule has 1 aromatic heterocycles. The zero-order valence-electron chi connectivity index (χ0n) is 15.4. The van der Waals surface area contributed by atoms with Gasteiger partial charge in [-0.15, -0.1) is 0 Å². The Morgan fingerprint density at radius 1 is 1.03 bits per heavy atom. The number of nitrogens with one attached hydrogen (secondary N) is 2. The van der Waals surface area contributed by atoms with Gasteiger partial charge in [0.15, 0.2) is 0 Å². The lowest BCUT2D eigenvalue weighted by molar-refractivity contribution is 0.102. The molecule has 0 aliphatic rings. The van der Waals surface area contributed by atoms with E-state index >= 15 is 0 Å². The van der Waals surface area contributed by atoms with Gasteiger partial charge in [-0.25, -0.2) is 4.98 Å². The summed E-state index contributed by atoms with van der Waals surface area (Å²) in [5.74, 6) is 1.13. The van der Waals surface area contributed by atoms with E-state index in [1.165, 1.54) is 6.20 Å². The number of ether oxygens (including phenoxy) is 1. The second kappa shape index (κ2) is 7.82. The van der Waals surface area contributed by atoms with Crippen LogP contribution in [0.2, 0.25) is 0 Å². The van der Waals surface area contributed by atoms with Crippen LogP contribution in [0.1, 0.15) is 15.9 Å². The molecule has 0 aliphatic heterocycles. The highest BCUT2D eigenvalue weighted by molar-refractivity contribution is 6.09. The van der Waals surface area contributed by atoms with E-state index in [9.17, 15) is 4.79 Å². The van der Waals surface area contributed by atoms with Crippen molar-refractivity contribution < 1.29 is 9.53 Å². The van der Waals surface area contributed by atoms with Crippen LogP contribution in [0.5, 0.6) is 11.5 Å². The second-order valence-corrected chi connectivity index (χ2v) is 6.36. The third-order valence-electron chi connectivity index (χ3n) is 4.49. The Morgan fingerprint density at radius 3 is 2.66 bits per heavy atom. The zero-order chi connectivity index (χ0) is 20.2. The SMILES string of the molecule is N=Cc1c(Oc2ccc3c(NC(=O)c4ccccc4)cccc3c2)ccnc1N. The number of rotatable bonds is 5. The maximum atomic E-state index is 12.5. The quantitative estimate of drug-likeness (QED) is 0.429. The van der Waals surface area contributed by atoms with E-state index < -0.39 is 0 Å². The van der Waals surface area contributed by atoms with E-state index in [4.69, 9.17) is 15.9 Å². The molecular weight excluding hydrogens is 364 g/mol. The number of fused-ring (bicyclic) bond motifs is 1. The van der Waals surface area contributed by atoms with Crippen molar-refractivity contribution in [2.45, 2.75) is 0 Å². The van der Waals surface area contributed by atoms with Crippen molar-refractivity contribution in [3.8, 4) is 11.5 Å². The molecule has 4 aromatic rings. The number of amides is 1. The minimum absolute atomic E-state index is 0.165. The molecule has 142 valence electrons. The fourth-order valence-corrected chi connectivity index (χ4v) is 3.05. The lowest BCUT2D eigenvalue weighted by Crippen LogP contribution is -2.11. The highest BCUT2D eigenvalue weighted by Gasteiger charge is 2.10. The summed E-state index contributed by atoms with van der Waals surface area (Å²) in [7, 11) is 0. The number of anilines is 2. The molecule has 0 saturated carbocycles. The topological polar surface area (TPSA) is 101 Å². The number of nitrogen functional groups attached to an aromatic ring is 1. The van der Waals surface area contributed by atoms with Gasteiger partial charge >= 0.3 is 0 Å². The normalized spacial score (nSPS) is 10.5. The summed E-state index contributed by atoms with van der Waals surface area (Å²) in [6.07, 6.45) is 2.66. The van der Waals surface area contributed by atoms with Crippen molar-refractivity contribution in [3.05, 3.63) is 90.1 Å². The molecule has 0 fully saturated rings. The predicted octanol–water partition coefficient (Wildman–Crippen LogP) is 4.86. The Morgan fingerprint density at radius 2 is 1.86 bits per heavy atom. The molecule has 0 atom stereocenters. The van der Waals surface area contributed by atoms with Gasteiger partial charge in [0, 0.05) is 29.0 Å². The van der Waals surface area contributed by atoms with Crippen molar-refractivity contribution in [1.29, 1.82) is 5.41 Å². The summed E-state index contributed by atoms with van der Waals surface area (Å²) in [4.78, 5) is 16.5. The predicted molar refractivity (Wildman–Crippen MR) is 115 cm³/mol. The van der Waals surface area contributed by atoms with Gasteiger partial charge in [-0.05, 0) is 47.9 Å². The van der Waals surface area contributed by atoms with Crippen LogP contribution in [-0.2, 0) is 0 Å². The summed E-state index contributed by atoms with van der Waals surface area (Å²) in [5, 5.41) is 12.3. The van der Waals surface area contributed by atoms with E-state index in [1.807, 2.05) is 54.6 Å². The first-order chi connectivity index (χ1) is 14.2. The zero-order valence-corrected chi connectivity index (χ0v) is 15.4. The average molecular weight is 382 g/mol. The van der Waals surface area contributed by atoms with E-state index in [2.05, 4.69) is 10.3 Å². The Kier molecular flexibility index (Phi) is 4.90. The van der Waals surface area contributed by atoms with Crippen molar-refractivity contribution in [2.24, 2.45) is 0 Å². The van der Waals surface area contributed by atoms with Gasteiger partial charge < -0.3 is 21.2 Å². The van der Waals surface area contributed by atoms with Gasteiger partial charge in [0.25, 0.3) is 5.91 Å². The first-order valence-electron chi connectivity index (χ1n) is 8.97. The lowest BCUT2D eigenvalue weighted by Gasteiger charge is -2.12. The number of pyridine rings is 1. The highest BCUT2D eigenvalue weighted by Crippen LogP contribution is 2.31. The van der Waals surface area contributed by atoms with E-state index in [0.29, 0.717) is 22.6 Å². The standard InChI is InChI=1S/C23H18N4O2/c24-14-19-21(11-12-26-22(19)25)29-17-9-10-18-16(13-17)7-4-8-20(18)27-23(28)15-5-2-1-3-6-15/h1-14,24H,(H2,25,26)(H,27,28). The average Bonchev–Trinajstić information content (AvgIpc) is 2.74. The fraction of sp³-hybridized carbons (Fsp3) is 0. The van der Waals surface area contributed by atoms with Crippen LogP contribution in [0.4, 0.5) is 11.5 Å². The number of hydrogen-bond donors (Lipinski definition) is 3. The van der Waals surface area contributed by atoms with Gasteiger partial charge in [0.1, 0.15) is 17.3 Å². The number of hydrogen-bond acceptors (Lipinski definition) is 5. The molecule has 0 unspecified atom stereocenters. The fourth-order valence-electron chi connectivity index (χ4n) is 3.05. The number of benzene rings is 3. The molecule has 0 spiro atoms. The molecule has 0 aliphatic carbocycles. The molecule has 1 heterocycles. The maximum absolute atomic E-state index is 12.5. The van der Waals surface area contributed by atoms with Crippen LogP contribution in [0.25, 0.3) is 10.8 Å². The maximum Gasteiger partial charge on any atom is 0.255 e. The Bertz CT molecular complexity index is 1210. The Labute approximate surface area is 167 Å². The number of nitrogens with zero attached hydrogens (tertiary/aromatic N) is 1. The van der Waals surface area contributed by atoms with E-state index in [0.717, 1.165) is 22.7 Å². The molecule has 0 bridgehead atoms. The minimum atomic E-state index is -0.165. The summed E-state index contributed by atoms with van der Waals surface area (Å²) in [5.41, 5.74) is 7.55. The largest absolute Gasteiger partial charge is 0.456 e. The van der Waals surface area contributed by atoms with Crippen molar-refractivity contribution in [3.63, 3.8) is 0 Å². The van der Waals surface area contributed by atoms with Crippen LogP contribution in [0, 0.1) is 5.41 Å². The van der Waals surface area contributed by atoms with Gasteiger partial charge in [0.05, 0.1) is 5.56 Å². The molecule has 6 heteroatoms. The van der Waals surface area contributed by atoms with Gasteiger partial charge in [0.2, 0.25) is 0 Å². The van der Waals surface area contributed by atoms with Gasteiger partial charge in [-0.3, -0.25) is 4.79 Å². The molecule has 4 N–H and O–H groups in total. The van der Waals surface area contributed by atoms with Crippen LogP contribution in [0.3, 0.4) is 0 Å². The molecule has 29 heavy (non-hydrogen) atoms.